The van der Waals surface area contributed by atoms with Gasteiger partial charge in [0.1, 0.15) is 0 Å². The van der Waals surface area contributed by atoms with Gasteiger partial charge in [-0.15, -0.1) is 5.10 Å². The fraction of sp³-hybridized carbons (Fsp3) is 0.857. The van der Waals surface area contributed by atoms with Crippen molar-refractivity contribution in [3.63, 3.8) is 0 Å². The maximum atomic E-state index is 5.63. The molecule has 2 fully saturated rings. The maximum absolute atomic E-state index is 5.63. The molecular formula is C14H24N4O. The van der Waals surface area contributed by atoms with Crippen LogP contribution in [-0.4, -0.2) is 22.3 Å². The summed E-state index contributed by atoms with van der Waals surface area (Å²) >= 11 is 0. The zero-order valence-corrected chi connectivity index (χ0v) is 11.9. The highest BCUT2D eigenvalue weighted by Gasteiger charge is 2.25. The summed E-state index contributed by atoms with van der Waals surface area (Å²) in [5.74, 6) is 2.29. The van der Waals surface area contributed by atoms with Gasteiger partial charge in [0.2, 0.25) is 5.89 Å². The van der Waals surface area contributed by atoms with E-state index in [1.807, 2.05) is 0 Å². The topological polar surface area (TPSA) is 63.0 Å². The molecular weight excluding hydrogens is 240 g/mol. The van der Waals surface area contributed by atoms with Crippen LogP contribution in [0.4, 0.5) is 6.01 Å². The molecule has 0 aliphatic heterocycles. The Kier molecular flexibility index (Phi) is 3.73. The summed E-state index contributed by atoms with van der Waals surface area (Å²) in [5, 5.41) is 14.9. The van der Waals surface area contributed by atoms with E-state index >= 15 is 0 Å². The highest BCUT2D eigenvalue weighted by atomic mass is 16.4. The van der Waals surface area contributed by atoms with E-state index in [1.165, 1.54) is 32.1 Å². The second-order valence-corrected chi connectivity index (χ2v) is 6.27. The third kappa shape index (κ3) is 3.47. The summed E-state index contributed by atoms with van der Waals surface area (Å²) in [7, 11) is 0. The van der Waals surface area contributed by atoms with E-state index in [0.717, 1.165) is 11.8 Å². The summed E-state index contributed by atoms with van der Waals surface area (Å²) in [6.45, 7) is 5.37. The van der Waals surface area contributed by atoms with Gasteiger partial charge >= 0.3 is 6.01 Å². The van der Waals surface area contributed by atoms with Crippen molar-refractivity contribution in [3.8, 4) is 0 Å². The summed E-state index contributed by atoms with van der Waals surface area (Å²) in [5.41, 5.74) is 0. The predicted octanol–water partition coefficient (Wildman–Crippen LogP) is 2.56. The second-order valence-electron chi connectivity index (χ2n) is 6.27. The van der Waals surface area contributed by atoms with Crippen LogP contribution in [0.15, 0.2) is 4.42 Å². The number of anilines is 1. The minimum atomic E-state index is 0.482. The van der Waals surface area contributed by atoms with Crippen molar-refractivity contribution in [1.82, 2.24) is 15.5 Å². The third-order valence-corrected chi connectivity index (χ3v) is 4.51. The van der Waals surface area contributed by atoms with Gasteiger partial charge in [0, 0.05) is 12.1 Å². The quantitative estimate of drug-likeness (QED) is 0.855. The van der Waals surface area contributed by atoms with Crippen molar-refractivity contribution in [1.29, 1.82) is 0 Å². The number of hydrogen-bond acceptors (Lipinski definition) is 5. The summed E-state index contributed by atoms with van der Waals surface area (Å²) in [6, 6.07) is 1.74. The summed E-state index contributed by atoms with van der Waals surface area (Å²) in [6.07, 6.45) is 6.22. The molecule has 1 aromatic rings. The average Bonchev–Trinajstić information content (AvgIpc) is 3.12. The van der Waals surface area contributed by atoms with Gasteiger partial charge < -0.3 is 15.1 Å². The van der Waals surface area contributed by atoms with Crippen LogP contribution in [0.5, 0.6) is 0 Å². The van der Waals surface area contributed by atoms with Crippen molar-refractivity contribution in [2.45, 2.75) is 64.6 Å². The van der Waals surface area contributed by atoms with Gasteiger partial charge in [0.25, 0.3) is 0 Å². The Hall–Kier alpha value is -1.10. The molecule has 0 saturated heterocycles. The van der Waals surface area contributed by atoms with Crippen molar-refractivity contribution < 1.29 is 4.42 Å². The van der Waals surface area contributed by atoms with E-state index in [0.29, 0.717) is 30.5 Å². The van der Waals surface area contributed by atoms with E-state index < -0.39 is 0 Å². The van der Waals surface area contributed by atoms with Gasteiger partial charge in [-0.3, -0.25) is 0 Å². The molecule has 2 saturated carbocycles. The smallest absolute Gasteiger partial charge is 0.315 e. The molecule has 0 bridgehead atoms. The first-order valence-electron chi connectivity index (χ1n) is 7.53. The Morgan fingerprint density at radius 2 is 1.84 bits per heavy atom. The monoisotopic (exact) mass is 264 g/mol. The fourth-order valence-corrected chi connectivity index (χ4v) is 2.76. The molecule has 1 heterocycles. The molecule has 19 heavy (non-hydrogen) atoms. The molecule has 5 nitrogen and oxygen atoms in total. The van der Waals surface area contributed by atoms with Crippen molar-refractivity contribution in [3.05, 3.63) is 5.89 Å². The Balaban J connectivity index is 1.48. The molecule has 2 aliphatic carbocycles. The first-order valence-corrected chi connectivity index (χ1v) is 7.53. The molecule has 5 heteroatoms. The van der Waals surface area contributed by atoms with Crippen LogP contribution in [-0.2, 0) is 6.54 Å². The second kappa shape index (κ2) is 5.49. The largest absolute Gasteiger partial charge is 0.407 e. The standard InChI is InChI=1S/C14H24N4O/c1-9-3-4-12(7-10(9)2)16-14-18-17-13(19-14)8-15-11-5-6-11/h9-12,15H,3-8H2,1-2H3,(H,16,18). The molecule has 0 radical (unpaired) electrons. The van der Waals surface area contributed by atoms with Crippen LogP contribution < -0.4 is 10.6 Å². The predicted molar refractivity (Wildman–Crippen MR) is 73.7 cm³/mol. The van der Waals surface area contributed by atoms with Crippen molar-refractivity contribution in [2.24, 2.45) is 11.8 Å². The number of aromatic nitrogens is 2. The number of hydrogen-bond donors (Lipinski definition) is 2. The van der Waals surface area contributed by atoms with E-state index in [2.05, 4.69) is 34.7 Å². The Labute approximate surface area is 114 Å². The van der Waals surface area contributed by atoms with Gasteiger partial charge in [0.05, 0.1) is 6.54 Å². The molecule has 0 spiro atoms. The average molecular weight is 264 g/mol. The lowest BCUT2D eigenvalue weighted by Gasteiger charge is -2.31. The minimum absolute atomic E-state index is 0.482. The molecule has 0 aromatic carbocycles. The van der Waals surface area contributed by atoms with Crippen LogP contribution in [0.2, 0.25) is 0 Å². The highest BCUT2D eigenvalue weighted by Crippen LogP contribution is 2.30. The molecule has 1 aromatic heterocycles. The van der Waals surface area contributed by atoms with Gasteiger partial charge in [0.15, 0.2) is 0 Å². The molecule has 0 amide bonds. The highest BCUT2D eigenvalue weighted by molar-refractivity contribution is 5.20. The lowest BCUT2D eigenvalue weighted by Crippen LogP contribution is -2.30. The minimum Gasteiger partial charge on any atom is -0.407 e. The molecule has 3 atom stereocenters. The first kappa shape index (κ1) is 12.9. The summed E-state index contributed by atoms with van der Waals surface area (Å²) < 4.78 is 5.63. The van der Waals surface area contributed by atoms with Crippen LogP contribution in [0.25, 0.3) is 0 Å². The maximum Gasteiger partial charge on any atom is 0.315 e. The van der Waals surface area contributed by atoms with E-state index in [4.69, 9.17) is 4.42 Å². The SMILES string of the molecule is CC1CCC(Nc2nnc(CNC3CC3)o2)CC1C. The van der Waals surface area contributed by atoms with Crippen molar-refractivity contribution >= 4 is 6.01 Å². The first-order chi connectivity index (χ1) is 9.20. The molecule has 106 valence electrons. The van der Waals surface area contributed by atoms with Crippen LogP contribution in [0, 0.1) is 11.8 Å². The zero-order valence-electron chi connectivity index (χ0n) is 11.9. The van der Waals surface area contributed by atoms with Gasteiger partial charge in [-0.2, -0.15) is 0 Å². The van der Waals surface area contributed by atoms with Gasteiger partial charge in [-0.05, 0) is 43.9 Å². The number of nitrogens with one attached hydrogen (secondary N) is 2. The van der Waals surface area contributed by atoms with E-state index in [-0.39, 0.29) is 0 Å². The Morgan fingerprint density at radius 1 is 1.05 bits per heavy atom. The molecule has 2 N–H and O–H groups in total. The van der Waals surface area contributed by atoms with E-state index in [9.17, 15) is 0 Å². The fourth-order valence-electron chi connectivity index (χ4n) is 2.76. The van der Waals surface area contributed by atoms with E-state index in [1.54, 1.807) is 0 Å². The van der Waals surface area contributed by atoms with Crippen LogP contribution in [0.3, 0.4) is 0 Å². The molecule has 3 unspecified atom stereocenters. The molecule has 3 rings (SSSR count). The van der Waals surface area contributed by atoms with Gasteiger partial charge in [-0.1, -0.05) is 18.9 Å². The van der Waals surface area contributed by atoms with Crippen LogP contribution in [0.1, 0.15) is 51.8 Å². The van der Waals surface area contributed by atoms with Crippen molar-refractivity contribution in [2.75, 3.05) is 5.32 Å². The normalized spacial score (nSPS) is 31.4. The number of nitrogens with zero attached hydrogens (tertiary/aromatic N) is 2. The third-order valence-electron chi connectivity index (χ3n) is 4.51. The Morgan fingerprint density at radius 3 is 2.58 bits per heavy atom. The molecule has 2 aliphatic rings. The lowest BCUT2D eigenvalue weighted by atomic mass is 9.79. The zero-order chi connectivity index (χ0) is 13.2. The lowest BCUT2D eigenvalue weighted by molar-refractivity contribution is 0.258. The summed E-state index contributed by atoms with van der Waals surface area (Å²) in [4.78, 5) is 0. The Bertz CT molecular complexity index is 415. The van der Waals surface area contributed by atoms with Crippen LogP contribution >= 0.6 is 0 Å². The van der Waals surface area contributed by atoms with Gasteiger partial charge in [-0.25, -0.2) is 0 Å². The number of rotatable bonds is 5.